The van der Waals surface area contributed by atoms with Gasteiger partial charge in [-0.2, -0.15) is 0 Å². The van der Waals surface area contributed by atoms with Gasteiger partial charge in [0, 0.05) is 43.0 Å². The molecule has 2 heterocycles. The van der Waals surface area contributed by atoms with Crippen LogP contribution in [0, 0.1) is 13.8 Å². The fourth-order valence-electron chi connectivity index (χ4n) is 3.08. The Morgan fingerprint density at radius 2 is 1.88 bits per heavy atom. The van der Waals surface area contributed by atoms with E-state index in [0.29, 0.717) is 16.5 Å². The van der Waals surface area contributed by atoms with E-state index in [0.717, 1.165) is 49.8 Å². The van der Waals surface area contributed by atoms with Crippen molar-refractivity contribution in [3.63, 3.8) is 0 Å². The van der Waals surface area contributed by atoms with E-state index in [1.54, 1.807) is 18.2 Å². The van der Waals surface area contributed by atoms with E-state index in [2.05, 4.69) is 32.0 Å². The van der Waals surface area contributed by atoms with Gasteiger partial charge < -0.3 is 15.1 Å². The molecular formula is C19H24ClN5O. The van der Waals surface area contributed by atoms with Crippen LogP contribution in [0.5, 0.6) is 0 Å². The number of likely N-dealkylation sites (N-methyl/N-ethyl adjacent to an activating group) is 1. The van der Waals surface area contributed by atoms with Gasteiger partial charge in [0.15, 0.2) is 0 Å². The van der Waals surface area contributed by atoms with E-state index in [4.69, 9.17) is 11.6 Å². The maximum atomic E-state index is 12.7. The average molecular weight is 374 g/mol. The fourth-order valence-corrected chi connectivity index (χ4v) is 3.30. The van der Waals surface area contributed by atoms with Crippen molar-refractivity contribution in [3.8, 4) is 0 Å². The van der Waals surface area contributed by atoms with E-state index in [1.165, 1.54) is 0 Å². The Hall–Kier alpha value is -2.18. The van der Waals surface area contributed by atoms with E-state index < -0.39 is 0 Å². The Balaban J connectivity index is 1.77. The van der Waals surface area contributed by atoms with Crippen molar-refractivity contribution in [2.24, 2.45) is 0 Å². The second kappa shape index (κ2) is 8.01. The molecule has 0 bridgehead atoms. The Kier molecular flexibility index (Phi) is 5.74. The summed E-state index contributed by atoms with van der Waals surface area (Å²) in [5.41, 5.74) is 2.01. The average Bonchev–Trinajstić information content (AvgIpc) is 2.63. The van der Waals surface area contributed by atoms with Crippen LogP contribution in [0.4, 0.5) is 11.5 Å². The Morgan fingerprint density at radius 1 is 1.15 bits per heavy atom. The zero-order chi connectivity index (χ0) is 18.7. The molecule has 0 spiro atoms. The summed E-state index contributed by atoms with van der Waals surface area (Å²) in [6, 6.07) is 7.15. The first-order valence-corrected chi connectivity index (χ1v) is 9.24. The molecule has 1 amide bonds. The highest BCUT2D eigenvalue weighted by Crippen LogP contribution is 2.21. The second-order valence-electron chi connectivity index (χ2n) is 6.49. The Labute approximate surface area is 159 Å². The molecule has 0 radical (unpaired) electrons. The summed E-state index contributed by atoms with van der Waals surface area (Å²) >= 11 is 5.98. The lowest BCUT2D eigenvalue weighted by atomic mass is 10.2. The molecule has 6 nitrogen and oxygen atoms in total. The minimum absolute atomic E-state index is 0.241. The first-order chi connectivity index (χ1) is 12.5. The number of aryl methyl sites for hydroxylation is 2. The number of nitrogens with one attached hydrogen (secondary N) is 1. The van der Waals surface area contributed by atoms with Gasteiger partial charge in [0.1, 0.15) is 17.3 Å². The number of carbonyl (C=O) groups is 1. The summed E-state index contributed by atoms with van der Waals surface area (Å²) in [5.74, 6) is 1.17. The number of rotatable bonds is 4. The lowest BCUT2D eigenvalue weighted by Crippen LogP contribution is -2.46. The number of hydrogen-bond donors (Lipinski definition) is 1. The van der Waals surface area contributed by atoms with Crippen molar-refractivity contribution < 1.29 is 4.79 Å². The zero-order valence-electron chi connectivity index (χ0n) is 15.4. The lowest BCUT2D eigenvalue weighted by molar-refractivity contribution is 0.102. The van der Waals surface area contributed by atoms with Gasteiger partial charge in [0.05, 0.1) is 0 Å². The predicted molar refractivity (Wildman–Crippen MR) is 105 cm³/mol. The second-order valence-corrected chi connectivity index (χ2v) is 6.93. The minimum atomic E-state index is -0.241. The number of aromatic nitrogens is 2. The number of amides is 1. The molecule has 1 aliphatic rings. The van der Waals surface area contributed by atoms with Crippen molar-refractivity contribution in [2.75, 3.05) is 42.9 Å². The van der Waals surface area contributed by atoms with Gasteiger partial charge in [-0.25, -0.2) is 9.97 Å². The molecule has 0 atom stereocenters. The molecule has 0 unspecified atom stereocenters. The number of piperazine rings is 1. The molecule has 0 saturated carbocycles. The molecule has 0 aliphatic carbocycles. The van der Waals surface area contributed by atoms with Crippen LogP contribution in [0.2, 0.25) is 5.02 Å². The summed E-state index contributed by atoms with van der Waals surface area (Å²) < 4.78 is 0. The Morgan fingerprint density at radius 3 is 2.54 bits per heavy atom. The van der Waals surface area contributed by atoms with Crippen molar-refractivity contribution in [2.45, 2.75) is 20.8 Å². The molecule has 1 aliphatic heterocycles. The highest BCUT2D eigenvalue weighted by molar-refractivity contribution is 6.30. The minimum Gasteiger partial charge on any atom is -0.354 e. The third kappa shape index (κ3) is 4.31. The third-order valence-corrected chi connectivity index (χ3v) is 4.87. The van der Waals surface area contributed by atoms with Gasteiger partial charge in [0.2, 0.25) is 0 Å². The van der Waals surface area contributed by atoms with Crippen molar-refractivity contribution in [1.29, 1.82) is 0 Å². The first-order valence-electron chi connectivity index (χ1n) is 8.86. The summed E-state index contributed by atoms with van der Waals surface area (Å²) in [5, 5.41) is 3.56. The number of benzene rings is 1. The van der Waals surface area contributed by atoms with E-state index in [-0.39, 0.29) is 5.91 Å². The first kappa shape index (κ1) is 18.6. The highest BCUT2D eigenvalue weighted by atomic mass is 35.5. The smallest absolute Gasteiger partial charge is 0.274 e. The Bertz CT molecular complexity index is 803. The molecule has 1 aromatic heterocycles. The van der Waals surface area contributed by atoms with Crippen molar-refractivity contribution in [3.05, 3.63) is 46.4 Å². The van der Waals surface area contributed by atoms with Gasteiger partial charge in [0.25, 0.3) is 5.91 Å². The van der Waals surface area contributed by atoms with Crippen LogP contribution in [0.25, 0.3) is 0 Å². The number of nitrogens with zero attached hydrogens (tertiary/aromatic N) is 4. The van der Waals surface area contributed by atoms with Gasteiger partial charge in [-0.15, -0.1) is 0 Å². The standard InChI is InChI=1S/C19H24ClN5O/c1-4-24-7-9-25(10-8-24)18-12-17(21-14(3)22-18)19(26)23-16-6-5-15(20)11-13(16)2/h5-6,11-12H,4,7-10H2,1-3H3,(H,23,26). The highest BCUT2D eigenvalue weighted by Gasteiger charge is 2.19. The molecule has 1 aromatic carbocycles. The number of hydrogen-bond acceptors (Lipinski definition) is 5. The fraction of sp³-hybridized carbons (Fsp3) is 0.421. The normalized spacial score (nSPS) is 15.2. The van der Waals surface area contributed by atoms with Crippen molar-refractivity contribution >= 4 is 29.0 Å². The SMILES string of the molecule is CCN1CCN(c2cc(C(=O)Nc3ccc(Cl)cc3C)nc(C)n2)CC1. The van der Waals surface area contributed by atoms with Gasteiger partial charge in [-0.05, 0) is 44.2 Å². The number of halogens is 1. The van der Waals surface area contributed by atoms with Crippen LogP contribution in [-0.4, -0.2) is 53.5 Å². The van der Waals surface area contributed by atoms with E-state index >= 15 is 0 Å². The third-order valence-electron chi connectivity index (χ3n) is 4.64. The van der Waals surface area contributed by atoms with Crippen LogP contribution in [0.1, 0.15) is 28.8 Å². The molecule has 7 heteroatoms. The summed E-state index contributed by atoms with van der Waals surface area (Å²) in [4.78, 5) is 26.1. The summed E-state index contributed by atoms with van der Waals surface area (Å²) in [7, 11) is 0. The monoisotopic (exact) mass is 373 g/mol. The molecule has 2 aromatic rings. The molecular weight excluding hydrogens is 350 g/mol. The zero-order valence-corrected chi connectivity index (χ0v) is 16.2. The largest absolute Gasteiger partial charge is 0.354 e. The topological polar surface area (TPSA) is 61.4 Å². The van der Waals surface area contributed by atoms with Gasteiger partial charge >= 0.3 is 0 Å². The quantitative estimate of drug-likeness (QED) is 0.892. The molecule has 1 saturated heterocycles. The number of carbonyl (C=O) groups excluding carboxylic acids is 1. The van der Waals surface area contributed by atoms with Crippen LogP contribution < -0.4 is 10.2 Å². The molecule has 3 rings (SSSR count). The molecule has 1 fully saturated rings. The predicted octanol–water partition coefficient (Wildman–Crippen LogP) is 3.14. The molecule has 1 N–H and O–H groups in total. The summed E-state index contributed by atoms with van der Waals surface area (Å²) in [6.45, 7) is 10.8. The molecule has 138 valence electrons. The maximum absolute atomic E-state index is 12.7. The van der Waals surface area contributed by atoms with Crippen LogP contribution in [0.3, 0.4) is 0 Å². The summed E-state index contributed by atoms with van der Waals surface area (Å²) in [6.07, 6.45) is 0. The van der Waals surface area contributed by atoms with Gasteiger partial charge in [-0.3, -0.25) is 4.79 Å². The maximum Gasteiger partial charge on any atom is 0.274 e. The van der Waals surface area contributed by atoms with Crippen LogP contribution in [0.15, 0.2) is 24.3 Å². The van der Waals surface area contributed by atoms with Crippen LogP contribution >= 0.6 is 11.6 Å². The van der Waals surface area contributed by atoms with Crippen molar-refractivity contribution in [1.82, 2.24) is 14.9 Å². The lowest BCUT2D eigenvalue weighted by Gasteiger charge is -2.34. The number of anilines is 2. The van der Waals surface area contributed by atoms with E-state index in [9.17, 15) is 4.79 Å². The molecule has 26 heavy (non-hydrogen) atoms. The van der Waals surface area contributed by atoms with Crippen LogP contribution in [-0.2, 0) is 0 Å². The van der Waals surface area contributed by atoms with E-state index in [1.807, 2.05) is 19.9 Å². The van der Waals surface area contributed by atoms with Gasteiger partial charge in [-0.1, -0.05) is 18.5 Å².